The quantitative estimate of drug-likeness (QED) is 0.187. The van der Waals surface area contributed by atoms with E-state index in [0.717, 1.165) is 32.3 Å². The minimum absolute atomic E-state index is 0.00196. The molecule has 1 atom stereocenters. The lowest BCUT2D eigenvalue weighted by Gasteiger charge is -2.13. The van der Waals surface area contributed by atoms with Gasteiger partial charge in [-0.05, 0) is 56.7 Å². The van der Waals surface area contributed by atoms with E-state index in [4.69, 9.17) is 27.1 Å². The Labute approximate surface area is 275 Å². The van der Waals surface area contributed by atoms with Crippen LogP contribution in [-0.2, 0) is 14.3 Å². The Morgan fingerprint density at radius 2 is 1.85 bits per heavy atom. The molecule has 0 radical (unpaired) electrons. The van der Waals surface area contributed by atoms with Crippen LogP contribution in [0.3, 0.4) is 0 Å². The molecular weight excluding hydrogens is 626 g/mol. The van der Waals surface area contributed by atoms with Gasteiger partial charge in [0, 0.05) is 45.2 Å². The van der Waals surface area contributed by atoms with Crippen molar-refractivity contribution in [2.75, 3.05) is 25.5 Å². The molecule has 0 fully saturated rings. The second-order valence-electron chi connectivity index (χ2n) is 10.5. The van der Waals surface area contributed by atoms with Crippen LogP contribution >= 0.6 is 22.9 Å². The molecule has 4 aromatic rings. The van der Waals surface area contributed by atoms with Crippen molar-refractivity contribution in [2.45, 2.75) is 39.7 Å². The van der Waals surface area contributed by atoms with Crippen molar-refractivity contribution >= 4 is 52.1 Å². The molecule has 0 saturated carbocycles. The van der Waals surface area contributed by atoms with Crippen molar-refractivity contribution in [1.82, 2.24) is 20.1 Å². The van der Waals surface area contributed by atoms with Gasteiger partial charge in [-0.2, -0.15) is 0 Å². The van der Waals surface area contributed by atoms with E-state index in [-0.39, 0.29) is 43.3 Å². The topological polar surface area (TPSA) is 154 Å². The minimum Gasteiger partial charge on any atom is -0.465 e. The van der Waals surface area contributed by atoms with Gasteiger partial charge in [0.25, 0.3) is 0 Å². The normalized spacial score (nSPS) is 13.3. The fourth-order valence-electron chi connectivity index (χ4n) is 5.08. The average molecular weight is 658 g/mol. The molecule has 1 aliphatic heterocycles. The monoisotopic (exact) mass is 657 g/mol. The maximum atomic E-state index is 13.2. The molecule has 2 amide bonds. The van der Waals surface area contributed by atoms with Crippen LogP contribution in [-0.4, -0.2) is 58.5 Å². The number of fused-ring (bicyclic) bond motifs is 3. The third kappa shape index (κ3) is 6.87. The molecule has 2 aromatic carbocycles. The van der Waals surface area contributed by atoms with E-state index in [1.807, 2.05) is 35.8 Å². The lowest BCUT2D eigenvalue weighted by molar-refractivity contribution is -0.121. The highest BCUT2D eigenvalue weighted by Crippen LogP contribution is 2.39. The number of amides is 2. The summed E-state index contributed by atoms with van der Waals surface area (Å²) in [5, 5.41) is 15.9. The van der Waals surface area contributed by atoms with Gasteiger partial charge in [-0.1, -0.05) is 35.6 Å². The molecule has 5 rings (SSSR count). The summed E-state index contributed by atoms with van der Waals surface area (Å²) in [5.74, 6) is 5.64. The van der Waals surface area contributed by atoms with Gasteiger partial charge in [-0.15, -0.1) is 21.5 Å². The Balaban J connectivity index is 1.30. The highest BCUT2D eigenvalue weighted by molar-refractivity contribution is 7.15. The first-order chi connectivity index (χ1) is 22.1. The maximum Gasteiger partial charge on any atom is 0.339 e. The van der Waals surface area contributed by atoms with Gasteiger partial charge < -0.3 is 21.1 Å². The molecule has 11 nitrogen and oxygen atoms in total. The van der Waals surface area contributed by atoms with Crippen molar-refractivity contribution < 1.29 is 19.1 Å². The SMILES string of the molecule is COC(=O)c1ccc(NC(=O)CCNC(=O)C[C@@H]2N=C(c3ccc(Cl)cc3)c3c(sc(C)c3C)-n3c(C)nnc32)cc1C#CCN. The molecular formula is C33H32ClN7O4S. The van der Waals surface area contributed by atoms with Gasteiger partial charge in [0.15, 0.2) is 5.82 Å². The van der Waals surface area contributed by atoms with Crippen LogP contribution in [0.25, 0.3) is 5.00 Å². The zero-order chi connectivity index (χ0) is 33.0. The first-order valence-corrected chi connectivity index (χ1v) is 15.6. The number of rotatable bonds is 8. The summed E-state index contributed by atoms with van der Waals surface area (Å²) < 4.78 is 6.79. The van der Waals surface area contributed by atoms with Crippen molar-refractivity contribution in [3.8, 4) is 16.8 Å². The standard InChI is InChI=1S/C33H32ClN7O4S/c1-18-19(2)46-32-29(18)30(21-7-9-23(34)10-8-21)38-26(31-40-39-20(3)41(31)32)17-28(43)36-15-13-27(42)37-24-11-12-25(33(44)45-4)22(16-24)6-5-14-35/h7-12,16,26H,13-15,17,35H2,1-4H3,(H,36,43)(H,37,42)/t26-/m0/s1. The highest BCUT2D eigenvalue weighted by Gasteiger charge is 2.32. The number of carbonyl (C=O) groups is 3. The number of aryl methyl sites for hydroxylation is 2. The summed E-state index contributed by atoms with van der Waals surface area (Å²) in [6.45, 7) is 6.22. The summed E-state index contributed by atoms with van der Waals surface area (Å²) in [6, 6.07) is 11.5. The molecule has 0 unspecified atom stereocenters. The summed E-state index contributed by atoms with van der Waals surface area (Å²) >= 11 is 7.82. The van der Waals surface area contributed by atoms with Crippen LogP contribution in [0.4, 0.5) is 5.69 Å². The van der Waals surface area contributed by atoms with Crippen molar-refractivity contribution in [3.05, 3.63) is 91.8 Å². The first-order valence-electron chi connectivity index (χ1n) is 14.5. The zero-order valence-corrected chi connectivity index (χ0v) is 27.3. The van der Waals surface area contributed by atoms with Gasteiger partial charge in [-0.25, -0.2) is 4.79 Å². The molecule has 1 aliphatic rings. The number of anilines is 1. The number of benzene rings is 2. The van der Waals surface area contributed by atoms with Crippen molar-refractivity contribution in [1.29, 1.82) is 0 Å². The number of nitrogens with one attached hydrogen (secondary N) is 2. The number of carbonyl (C=O) groups excluding carboxylic acids is 3. The Morgan fingerprint density at radius 1 is 1.09 bits per heavy atom. The molecule has 46 heavy (non-hydrogen) atoms. The Kier molecular flexibility index (Phi) is 9.96. The van der Waals surface area contributed by atoms with Crippen LogP contribution in [0.2, 0.25) is 5.02 Å². The van der Waals surface area contributed by atoms with Crippen LogP contribution in [0.15, 0.2) is 47.5 Å². The number of aliphatic imine (C=N–C) groups is 1. The van der Waals surface area contributed by atoms with E-state index in [9.17, 15) is 14.4 Å². The third-order valence-corrected chi connectivity index (χ3v) is 8.89. The van der Waals surface area contributed by atoms with Gasteiger partial charge in [0.2, 0.25) is 11.8 Å². The van der Waals surface area contributed by atoms with E-state index in [2.05, 4.69) is 46.5 Å². The molecule has 2 aromatic heterocycles. The van der Waals surface area contributed by atoms with Crippen LogP contribution in [0.5, 0.6) is 0 Å². The molecule has 236 valence electrons. The summed E-state index contributed by atoms with van der Waals surface area (Å²) in [4.78, 5) is 44.3. The van der Waals surface area contributed by atoms with Crippen molar-refractivity contribution in [2.24, 2.45) is 10.7 Å². The average Bonchev–Trinajstić information content (AvgIpc) is 3.51. The number of nitrogens with zero attached hydrogens (tertiary/aromatic N) is 4. The number of methoxy groups -OCH3 is 1. The van der Waals surface area contributed by atoms with Gasteiger partial charge in [-0.3, -0.25) is 19.1 Å². The summed E-state index contributed by atoms with van der Waals surface area (Å²) in [7, 11) is 1.28. The largest absolute Gasteiger partial charge is 0.465 e. The molecule has 0 spiro atoms. The predicted molar refractivity (Wildman–Crippen MR) is 178 cm³/mol. The van der Waals surface area contributed by atoms with E-state index in [0.29, 0.717) is 27.9 Å². The number of esters is 1. The molecule has 3 heterocycles. The first kappa shape index (κ1) is 32.6. The number of aromatic nitrogens is 3. The fourth-order valence-corrected chi connectivity index (χ4v) is 6.42. The predicted octanol–water partition coefficient (Wildman–Crippen LogP) is 4.43. The Hall–Kier alpha value is -4.83. The lowest BCUT2D eigenvalue weighted by Crippen LogP contribution is -2.29. The smallest absolute Gasteiger partial charge is 0.339 e. The molecule has 0 saturated heterocycles. The molecule has 13 heteroatoms. The number of ether oxygens (including phenoxy) is 1. The van der Waals surface area contributed by atoms with E-state index < -0.39 is 12.0 Å². The number of halogens is 1. The summed E-state index contributed by atoms with van der Waals surface area (Å²) in [6.07, 6.45) is 0.0191. The fraction of sp³-hybridized carbons (Fsp3) is 0.273. The van der Waals surface area contributed by atoms with E-state index in [1.165, 1.54) is 13.2 Å². The Morgan fingerprint density at radius 3 is 2.57 bits per heavy atom. The van der Waals surface area contributed by atoms with E-state index >= 15 is 0 Å². The van der Waals surface area contributed by atoms with Gasteiger partial charge >= 0.3 is 5.97 Å². The van der Waals surface area contributed by atoms with Crippen LogP contribution < -0.4 is 16.4 Å². The number of nitrogens with two attached hydrogens (primary N) is 1. The highest BCUT2D eigenvalue weighted by atomic mass is 35.5. The lowest BCUT2D eigenvalue weighted by atomic mass is 9.99. The number of hydrogen-bond acceptors (Lipinski definition) is 9. The third-order valence-electron chi connectivity index (χ3n) is 7.44. The van der Waals surface area contributed by atoms with Gasteiger partial charge in [0.1, 0.15) is 16.9 Å². The van der Waals surface area contributed by atoms with Crippen LogP contribution in [0, 0.1) is 32.6 Å². The molecule has 0 aliphatic carbocycles. The molecule has 0 bridgehead atoms. The number of hydrogen-bond donors (Lipinski definition) is 3. The second kappa shape index (κ2) is 14.1. The zero-order valence-electron chi connectivity index (χ0n) is 25.7. The van der Waals surface area contributed by atoms with E-state index in [1.54, 1.807) is 23.5 Å². The van der Waals surface area contributed by atoms with Crippen LogP contribution in [0.1, 0.15) is 68.0 Å². The number of thiophene rings is 1. The van der Waals surface area contributed by atoms with Gasteiger partial charge in [0.05, 0.1) is 31.4 Å². The maximum absolute atomic E-state index is 13.2. The molecule has 4 N–H and O–H groups in total. The summed E-state index contributed by atoms with van der Waals surface area (Å²) in [5.41, 5.74) is 10.3. The minimum atomic E-state index is -0.624. The second-order valence-corrected chi connectivity index (χ2v) is 12.2. The Bertz CT molecular complexity index is 1920. The van der Waals surface area contributed by atoms with Crippen molar-refractivity contribution in [3.63, 3.8) is 0 Å².